The molecule has 3 heterocycles. The number of hydrogen-bond donors (Lipinski definition) is 0. The van der Waals surface area contributed by atoms with Gasteiger partial charge in [-0.25, -0.2) is 17.7 Å². The lowest BCUT2D eigenvalue weighted by atomic mass is 9.91. The summed E-state index contributed by atoms with van der Waals surface area (Å²) < 4.78 is 32.3. The van der Waals surface area contributed by atoms with Crippen LogP contribution in [0.15, 0.2) is 71.8 Å². The van der Waals surface area contributed by atoms with Crippen LogP contribution in [0.1, 0.15) is 36.4 Å². The van der Waals surface area contributed by atoms with Gasteiger partial charge in [0.25, 0.3) is 0 Å². The van der Waals surface area contributed by atoms with Crippen LogP contribution in [0.2, 0.25) is 0 Å². The molecule has 0 saturated carbocycles. The Morgan fingerprint density at radius 2 is 1.69 bits per heavy atom. The molecule has 0 unspecified atom stereocenters. The van der Waals surface area contributed by atoms with Gasteiger partial charge in [0.2, 0.25) is 15.7 Å². The largest absolute Gasteiger partial charge is 0.466 e. The molecule has 0 aliphatic carbocycles. The van der Waals surface area contributed by atoms with Crippen LogP contribution in [0.4, 0.5) is 0 Å². The first-order valence-electron chi connectivity index (χ1n) is 11.0. The SMILES string of the molecule is CS(=O)(=O)N1CCC2(CC1)Oc1ccccc1[C@@H]1CC(c3ccc4ccccc4c3)=NN12. The number of rotatable bonds is 2. The van der Waals surface area contributed by atoms with Crippen LogP contribution >= 0.6 is 0 Å². The van der Waals surface area contributed by atoms with Crippen LogP contribution in [-0.2, 0) is 10.0 Å². The summed E-state index contributed by atoms with van der Waals surface area (Å²) in [4.78, 5) is 0. The molecule has 1 spiro atoms. The van der Waals surface area contributed by atoms with E-state index in [1.54, 1.807) is 4.31 Å². The van der Waals surface area contributed by atoms with E-state index in [-0.39, 0.29) is 6.04 Å². The van der Waals surface area contributed by atoms with Crippen molar-refractivity contribution in [2.45, 2.75) is 31.0 Å². The second-order valence-electron chi connectivity index (χ2n) is 8.92. The van der Waals surface area contributed by atoms with Gasteiger partial charge in [0.05, 0.1) is 18.0 Å². The monoisotopic (exact) mass is 447 g/mol. The Morgan fingerprint density at radius 1 is 0.969 bits per heavy atom. The Kier molecular flexibility index (Phi) is 4.35. The van der Waals surface area contributed by atoms with Crippen molar-refractivity contribution >= 4 is 26.5 Å². The Balaban J connectivity index is 1.40. The van der Waals surface area contributed by atoms with E-state index >= 15 is 0 Å². The summed E-state index contributed by atoms with van der Waals surface area (Å²) in [5.41, 5.74) is 2.69. The second kappa shape index (κ2) is 7.05. The van der Waals surface area contributed by atoms with Crippen LogP contribution in [0.3, 0.4) is 0 Å². The molecule has 0 bridgehead atoms. The van der Waals surface area contributed by atoms with Crippen molar-refractivity contribution in [3.8, 4) is 5.75 Å². The summed E-state index contributed by atoms with van der Waals surface area (Å²) in [6.07, 6.45) is 3.24. The van der Waals surface area contributed by atoms with Gasteiger partial charge >= 0.3 is 0 Å². The molecule has 3 aromatic carbocycles. The maximum Gasteiger partial charge on any atom is 0.211 e. The Labute approximate surface area is 188 Å². The maximum atomic E-state index is 12.1. The van der Waals surface area contributed by atoms with Gasteiger partial charge in [-0.3, -0.25) is 0 Å². The molecule has 1 fully saturated rings. The van der Waals surface area contributed by atoms with Gasteiger partial charge in [-0.05, 0) is 28.5 Å². The van der Waals surface area contributed by atoms with Gasteiger partial charge in [-0.15, -0.1) is 0 Å². The number of hydrogen-bond acceptors (Lipinski definition) is 5. The van der Waals surface area contributed by atoms with Crippen molar-refractivity contribution in [3.05, 3.63) is 77.9 Å². The molecule has 0 aromatic heterocycles. The van der Waals surface area contributed by atoms with E-state index in [1.807, 2.05) is 18.2 Å². The highest BCUT2D eigenvalue weighted by Crippen LogP contribution is 2.50. The maximum absolute atomic E-state index is 12.1. The number of piperidine rings is 1. The van der Waals surface area contributed by atoms with Gasteiger partial charge in [0.1, 0.15) is 5.75 Å². The average molecular weight is 448 g/mol. The normalized spacial score (nSPS) is 22.3. The molecular weight excluding hydrogens is 422 g/mol. The van der Waals surface area contributed by atoms with E-state index < -0.39 is 15.7 Å². The molecule has 164 valence electrons. The number of ether oxygens (including phenoxy) is 1. The lowest BCUT2D eigenvalue weighted by Crippen LogP contribution is -2.59. The number of hydrazone groups is 1. The average Bonchev–Trinajstić information content (AvgIpc) is 3.26. The third-order valence-corrected chi connectivity index (χ3v) is 8.26. The number of para-hydroxylation sites is 1. The highest BCUT2D eigenvalue weighted by molar-refractivity contribution is 7.88. The standard InChI is InChI=1S/C25H25N3O3S/c1-32(29,30)27-14-12-25(13-15-27)28-23(21-8-4-5-9-24(21)31-25)17-22(26-28)20-11-10-18-6-2-3-7-19(18)16-20/h2-11,16,23H,12-15,17H2,1H3/t23-/m0/s1. The van der Waals surface area contributed by atoms with Gasteiger partial charge < -0.3 is 4.74 Å². The number of fused-ring (bicyclic) bond motifs is 5. The number of benzene rings is 3. The fraction of sp³-hybridized carbons (Fsp3) is 0.320. The molecule has 0 amide bonds. The van der Waals surface area contributed by atoms with Gasteiger partial charge in [0, 0.05) is 37.9 Å². The molecule has 32 heavy (non-hydrogen) atoms. The minimum atomic E-state index is -3.21. The third-order valence-electron chi connectivity index (χ3n) is 6.96. The molecule has 3 aliphatic heterocycles. The zero-order valence-electron chi connectivity index (χ0n) is 17.9. The van der Waals surface area contributed by atoms with Crippen molar-refractivity contribution in [2.75, 3.05) is 19.3 Å². The molecule has 6 nitrogen and oxygen atoms in total. The van der Waals surface area contributed by atoms with Crippen molar-refractivity contribution < 1.29 is 13.2 Å². The quantitative estimate of drug-likeness (QED) is 0.593. The summed E-state index contributed by atoms with van der Waals surface area (Å²) in [6.45, 7) is 0.871. The summed E-state index contributed by atoms with van der Waals surface area (Å²) >= 11 is 0. The van der Waals surface area contributed by atoms with Crippen molar-refractivity contribution in [3.63, 3.8) is 0 Å². The molecule has 7 heteroatoms. The Hall–Kier alpha value is -2.90. The van der Waals surface area contributed by atoms with Crippen LogP contribution in [-0.4, -0.2) is 48.5 Å². The predicted molar refractivity (Wildman–Crippen MR) is 125 cm³/mol. The highest BCUT2D eigenvalue weighted by atomic mass is 32.2. The Bertz CT molecular complexity index is 1340. The van der Waals surface area contributed by atoms with Gasteiger partial charge in [-0.2, -0.15) is 5.10 Å². The summed E-state index contributed by atoms with van der Waals surface area (Å²) in [5.74, 6) is 0.886. The minimum Gasteiger partial charge on any atom is -0.466 e. The zero-order chi connectivity index (χ0) is 21.9. The van der Waals surface area contributed by atoms with E-state index in [2.05, 4.69) is 53.5 Å². The second-order valence-corrected chi connectivity index (χ2v) is 10.9. The van der Waals surface area contributed by atoms with Crippen molar-refractivity contribution in [1.29, 1.82) is 0 Å². The topological polar surface area (TPSA) is 62.2 Å². The zero-order valence-corrected chi connectivity index (χ0v) is 18.8. The molecule has 1 atom stereocenters. The molecule has 3 aromatic rings. The molecule has 3 aliphatic rings. The van der Waals surface area contributed by atoms with E-state index in [0.717, 1.165) is 29.0 Å². The van der Waals surface area contributed by atoms with Crippen molar-refractivity contribution in [1.82, 2.24) is 9.31 Å². The molecular formula is C25H25N3O3S. The third kappa shape index (κ3) is 3.11. The molecule has 0 radical (unpaired) electrons. The first-order valence-corrected chi connectivity index (χ1v) is 12.9. The van der Waals surface area contributed by atoms with E-state index in [9.17, 15) is 8.42 Å². The lowest BCUT2D eigenvalue weighted by Gasteiger charge is -2.50. The minimum absolute atomic E-state index is 0.0891. The predicted octanol–water partition coefficient (Wildman–Crippen LogP) is 4.14. The molecule has 1 saturated heterocycles. The van der Waals surface area contributed by atoms with Crippen molar-refractivity contribution in [2.24, 2.45) is 5.10 Å². The van der Waals surface area contributed by atoms with E-state index in [0.29, 0.717) is 25.9 Å². The molecule has 0 N–H and O–H groups in total. The van der Waals surface area contributed by atoms with Crippen LogP contribution in [0.25, 0.3) is 10.8 Å². The molecule has 6 rings (SSSR count). The number of nitrogens with zero attached hydrogens (tertiary/aromatic N) is 3. The fourth-order valence-corrected chi connectivity index (χ4v) is 6.12. The number of sulfonamides is 1. The summed E-state index contributed by atoms with van der Waals surface area (Å²) in [6, 6.07) is 23.1. The first-order chi connectivity index (χ1) is 15.4. The fourth-order valence-electron chi connectivity index (χ4n) is 5.27. The van der Waals surface area contributed by atoms with Crippen LogP contribution < -0.4 is 4.74 Å². The highest BCUT2D eigenvalue weighted by Gasteiger charge is 2.52. The summed E-state index contributed by atoms with van der Waals surface area (Å²) in [7, 11) is -3.21. The smallest absolute Gasteiger partial charge is 0.211 e. The van der Waals surface area contributed by atoms with E-state index in [1.165, 1.54) is 17.0 Å². The van der Waals surface area contributed by atoms with E-state index in [4.69, 9.17) is 9.84 Å². The van der Waals surface area contributed by atoms with Gasteiger partial charge in [-0.1, -0.05) is 54.6 Å². The Morgan fingerprint density at radius 3 is 2.47 bits per heavy atom. The first kappa shape index (κ1) is 19.8. The van der Waals surface area contributed by atoms with Crippen LogP contribution in [0.5, 0.6) is 5.75 Å². The van der Waals surface area contributed by atoms with Crippen LogP contribution in [0, 0.1) is 0 Å². The lowest BCUT2D eigenvalue weighted by molar-refractivity contribution is -0.143. The summed E-state index contributed by atoms with van der Waals surface area (Å²) in [5, 5.41) is 9.64. The van der Waals surface area contributed by atoms with Gasteiger partial charge in [0.15, 0.2) is 0 Å².